The maximum absolute atomic E-state index is 13.4. The molecule has 5 aromatic rings. The molecule has 0 atom stereocenters. The number of non-ortho nitro benzene ring substituents is 1. The number of nitrogens with one attached hydrogen (secondary N) is 1. The van der Waals surface area contributed by atoms with Crippen LogP contribution in [-0.4, -0.2) is 25.6 Å². The molecule has 0 unspecified atom stereocenters. The second kappa shape index (κ2) is 9.64. The van der Waals surface area contributed by atoms with Crippen LogP contribution in [0.15, 0.2) is 102 Å². The molecule has 1 N–H and O–H groups in total. The van der Waals surface area contributed by atoms with Crippen molar-refractivity contribution in [1.29, 1.82) is 0 Å². The molecule has 174 valence electrons. The number of pyridine rings is 1. The Morgan fingerprint density at radius 1 is 0.886 bits per heavy atom. The van der Waals surface area contributed by atoms with Crippen molar-refractivity contribution < 1.29 is 4.92 Å². The Kier molecular flexibility index (Phi) is 6.09. The highest BCUT2D eigenvalue weighted by Gasteiger charge is 2.17. The van der Waals surface area contributed by atoms with Crippen LogP contribution < -0.4 is 11.0 Å². The maximum Gasteiger partial charge on any atom is 0.335 e. The lowest BCUT2D eigenvalue weighted by atomic mass is 10.1. The highest BCUT2D eigenvalue weighted by molar-refractivity contribution is 5.74. The largest absolute Gasteiger partial charge is 0.385 e. The highest BCUT2D eigenvalue weighted by Crippen LogP contribution is 2.21. The molecule has 2 aromatic heterocycles. The average molecular weight is 466 g/mol. The van der Waals surface area contributed by atoms with Gasteiger partial charge in [0.25, 0.3) is 5.69 Å². The summed E-state index contributed by atoms with van der Waals surface area (Å²) < 4.78 is 3.06. The number of nitrogens with zero attached hydrogens (tertiary/aromatic N) is 4. The molecule has 0 bridgehead atoms. The van der Waals surface area contributed by atoms with Gasteiger partial charge in [-0.3, -0.25) is 14.7 Å². The molecule has 0 fully saturated rings. The predicted molar refractivity (Wildman–Crippen MR) is 136 cm³/mol. The molecular weight excluding hydrogens is 442 g/mol. The molecule has 0 aliphatic carbocycles. The third-order valence-electron chi connectivity index (χ3n) is 5.87. The Morgan fingerprint density at radius 3 is 2.46 bits per heavy atom. The Morgan fingerprint density at radius 2 is 1.69 bits per heavy atom. The number of aromatic nitrogens is 3. The van der Waals surface area contributed by atoms with E-state index in [1.54, 1.807) is 29.0 Å². The zero-order valence-corrected chi connectivity index (χ0v) is 18.9. The first-order valence-corrected chi connectivity index (χ1v) is 11.3. The topological polar surface area (TPSA) is 95.0 Å². The summed E-state index contributed by atoms with van der Waals surface area (Å²) in [4.78, 5) is 28.6. The summed E-state index contributed by atoms with van der Waals surface area (Å²) in [7, 11) is 0. The van der Waals surface area contributed by atoms with Crippen LogP contribution in [0.1, 0.15) is 11.1 Å². The molecule has 0 aliphatic rings. The molecular formula is C27H23N5O3. The monoisotopic (exact) mass is 465 g/mol. The molecule has 0 saturated heterocycles. The van der Waals surface area contributed by atoms with Gasteiger partial charge in [0.05, 0.1) is 22.7 Å². The summed E-state index contributed by atoms with van der Waals surface area (Å²) in [6, 6.07) is 27.9. The Bertz CT molecular complexity index is 1540. The number of rotatable bonds is 8. The lowest BCUT2D eigenvalue weighted by Crippen LogP contribution is -2.23. The van der Waals surface area contributed by atoms with Crippen LogP contribution in [0.2, 0.25) is 0 Å². The minimum Gasteiger partial charge on any atom is -0.385 e. The van der Waals surface area contributed by atoms with E-state index in [0.717, 1.165) is 24.2 Å². The van der Waals surface area contributed by atoms with Crippen molar-refractivity contribution in [2.24, 2.45) is 0 Å². The minimum absolute atomic E-state index is 0.0819. The van der Waals surface area contributed by atoms with Crippen molar-refractivity contribution in [3.8, 4) is 5.69 Å². The molecule has 8 nitrogen and oxygen atoms in total. The van der Waals surface area contributed by atoms with Gasteiger partial charge >= 0.3 is 5.69 Å². The van der Waals surface area contributed by atoms with E-state index >= 15 is 0 Å². The van der Waals surface area contributed by atoms with Crippen molar-refractivity contribution in [2.45, 2.75) is 13.0 Å². The summed E-state index contributed by atoms with van der Waals surface area (Å²) in [5, 5.41) is 14.7. The van der Waals surface area contributed by atoms with Crippen LogP contribution in [0.3, 0.4) is 0 Å². The lowest BCUT2D eigenvalue weighted by Gasteiger charge is -2.08. The molecule has 5 rings (SSSR count). The highest BCUT2D eigenvalue weighted by atomic mass is 16.6. The third-order valence-corrected chi connectivity index (χ3v) is 5.87. The number of fused-ring (bicyclic) bond motifs is 1. The summed E-state index contributed by atoms with van der Waals surface area (Å²) in [5.41, 5.74) is 4.40. The summed E-state index contributed by atoms with van der Waals surface area (Å²) >= 11 is 0. The molecule has 0 amide bonds. The van der Waals surface area contributed by atoms with Crippen LogP contribution >= 0.6 is 0 Å². The van der Waals surface area contributed by atoms with E-state index in [1.165, 1.54) is 22.3 Å². The van der Waals surface area contributed by atoms with Gasteiger partial charge in [-0.05, 0) is 47.9 Å². The zero-order valence-electron chi connectivity index (χ0n) is 18.9. The van der Waals surface area contributed by atoms with Crippen LogP contribution in [0, 0.1) is 10.1 Å². The SMILES string of the molecule is O=c1n(Cc2ccc(NCCc3ccccc3)cc2)c2cccnc2n1-c1cccc([N+](=O)[O-])c1. The first kappa shape index (κ1) is 22.1. The Balaban J connectivity index is 1.39. The van der Waals surface area contributed by atoms with Crippen LogP contribution in [0.5, 0.6) is 0 Å². The van der Waals surface area contributed by atoms with Gasteiger partial charge in [-0.25, -0.2) is 14.3 Å². The number of anilines is 1. The average Bonchev–Trinajstić information content (AvgIpc) is 3.17. The quantitative estimate of drug-likeness (QED) is 0.262. The fourth-order valence-corrected chi connectivity index (χ4v) is 4.12. The van der Waals surface area contributed by atoms with Crippen molar-refractivity contribution in [3.63, 3.8) is 0 Å². The Hall–Kier alpha value is -4.72. The van der Waals surface area contributed by atoms with Gasteiger partial charge in [0.1, 0.15) is 0 Å². The number of imidazole rings is 1. The van der Waals surface area contributed by atoms with E-state index in [4.69, 9.17) is 0 Å². The standard InChI is InChI=1S/C27H23N5O3/c33-27-30(19-21-11-13-22(14-12-21)28-17-15-20-6-2-1-3-7-20)25-10-5-16-29-26(25)31(27)23-8-4-9-24(18-23)32(34)35/h1-14,16,18,28H,15,17,19H2. The number of nitro groups is 1. The van der Waals surface area contributed by atoms with Crippen LogP contribution in [0.25, 0.3) is 16.9 Å². The molecule has 2 heterocycles. The van der Waals surface area contributed by atoms with E-state index in [0.29, 0.717) is 23.4 Å². The van der Waals surface area contributed by atoms with Gasteiger partial charge in [-0.15, -0.1) is 0 Å². The van der Waals surface area contributed by atoms with Crippen LogP contribution in [-0.2, 0) is 13.0 Å². The molecule has 0 spiro atoms. The molecule has 3 aromatic carbocycles. The van der Waals surface area contributed by atoms with Gasteiger partial charge < -0.3 is 5.32 Å². The van der Waals surface area contributed by atoms with E-state index < -0.39 is 4.92 Å². The number of hydrogen-bond donors (Lipinski definition) is 1. The summed E-state index contributed by atoms with van der Waals surface area (Å²) in [6.07, 6.45) is 2.54. The summed E-state index contributed by atoms with van der Waals surface area (Å²) in [5.74, 6) is 0. The molecule has 0 saturated carbocycles. The van der Waals surface area contributed by atoms with Gasteiger partial charge in [-0.2, -0.15) is 0 Å². The van der Waals surface area contributed by atoms with Gasteiger partial charge in [0, 0.05) is 30.6 Å². The molecule has 0 aliphatic heterocycles. The normalized spacial score (nSPS) is 11.0. The summed E-state index contributed by atoms with van der Waals surface area (Å²) in [6.45, 7) is 1.18. The second-order valence-corrected chi connectivity index (χ2v) is 8.19. The predicted octanol–water partition coefficient (Wildman–Crippen LogP) is 4.80. The van der Waals surface area contributed by atoms with E-state index in [1.807, 2.05) is 48.5 Å². The second-order valence-electron chi connectivity index (χ2n) is 8.19. The fourth-order valence-electron chi connectivity index (χ4n) is 4.12. The fraction of sp³-hybridized carbons (Fsp3) is 0.111. The van der Waals surface area contributed by atoms with Crippen molar-refractivity contribution in [2.75, 3.05) is 11.9 Å². The van der Waals surface area contributed by atoms with E-state index in [9.17, 15) is 14.9 Å². The lowest BCUT2D eigenvalue weighted by molar-refractivity contribution is -0.384. The molecule has 8 heteroatoms. The number of nitro benzene ring substituents is 1. The van der Waals surface area contributed by atoms with Crippen molar-refractivity contribution in [1.82, 2.24) is 14.1 Å². The van der Waals surface area contributed by atoms with Gasteiger partial charge in [0.2, 0.25) is 0 Å². The van der Waals surface area contributed by atoms with E-state index in [-0.39, 0.29) is 11.4 Å². The minimum atomic E-state index is -0.476. The number of hydrogen-bond acceptors (Lipinski definition) is 5. The Labute approximate surface area is 201 Å². The van der Waals surface area contributed by atoms with Gasteiger partial charge in [-0.1, -0.05) is 48.5 Å². The maximum atomic E-state index is 13.4. The van der Waals surface area contributed by atoms with Gasteiger partial charge in [0.15, 0.2) is 5.65 Å². The van der Waals surface area contributed by atoms with Crippen molar-refractivity contribution in [3.05, 3.63) is 129 Å². The third kappa shape index (κ3) is 4.67. The van der Waals surface area contributed by atoms with Crippen molar-refractivity contribution >= 4 is 22.5 Å². The first-order chi connectivity index (χ1) is 17.1. The zero-order chi connectivity index (χ0) is 24.2. The van der Waals surface area contributed by atoms with Crippen LogP contribution in [0.4, 0.5) is 11.4 Å². The van der Waals surface area contributed by atoms with E-state index in [2.05, 4.69) is 22.4 Å². The molecule has 0 radical (unpaired) electrons. The molecule has 35 heavy (non-hydrogen) atoms. The smallest absolute Gasteiger partial charge is 0.335 e. The first-order valence-electron chi connectivity index (χ1n) is 11.3. The number of benzene rings is 3.